The number of carbonyl (C=O) groups excluding carboxylic acids is 1. The zero-order chi connectivity index (χ0) is 18.5. The summed E-state index contributed by atoms with van der Waals surface area (Å²) in [6.07, 6.45) is 4.99. The largest absolute Gasteiger partial charge is 0.368 e. The molecular formula is C22H22N4O. The molecule has 1 aromatic heterocycles. The van der Waals surface area contributed by atoms with E-state index in [9.17, 15) is 4.79 Å². The lowest BCUT2D eigenvalue weighted by Gasteiger charge is -2.28. The predicted molar refractivity (Wildman–Crippen MR) is 106 cm³/mol. The van der Waals surface area contributed by atoms with Crippen LogP contribution in [-0.4, -0.2) is 33.9 Å². The van der Waals surface area contributed by atoms with Crippen LogP contribution in [0.2, 0.25) is 0 Å². The third-order valence-corrected chi connectivity index (χ3v) is 4.85. The first-order valence-electron chi connectivity index (χ1n) is 9.25. The molecule has 27 heavy (non-hydrogen) atoms. The monoisotopic (exact) mass is 358 g/mol. The van der Waals surface area contributed by atoms with Gasteiger partial charge in [0.05, 0.1) is 12.4 Å². The van der Waals surface area contributed by atoms with E-state index in [0.29, 0.717) is 24.6 Å². The molecule has 4 rings (SSSR count). The Hall–Kier alpha value is -3.21. The quantitative estimate of drug-likeness (QED) is 0.760. The molecule has 0 unspecified atom stereocenters. The number of fused-ring (bicyclic) bond motifs is 1. The Labute approximate surface area is 159 Å². The van der Waals surface area contributed by atoms with E-state index in [4.69, 9.17) is 0 Å². The summed E-state index contributed by atoms with van der Waals surface area (Å²) in [5.41, 5.74) is 4.20. The van der Waals surface area contributed by atoms with Crippen LogP contribution in [0.5, 0.6) is 0 Å². The minimum atomic E-state index is -0.0622. The van der Waals surface area contributed by atoms with Crippen LogP contribution in [0.3, 0.4) is 0 Å². The highest BCUT2D eigenvalue weighted by atomic mass is 16.2. The first-order chi connectivity index (χ1) is 13.3. The SMILES string of the molecule is O=C(c1cnc(NCCc2ccccc2)cn1)N1CCc2ccccc2C1. The van der Waals surface area contributed by atoms with Gasteiger partial charge in [-0.15, -0.1) is 0 Å². The standard InChI is InChI=1S/C22H22N4O/c27-22(26-13-11-18-8-4-5-9-19(18)16-26)20-14-25-21(15-24-20)23-12-10-17-6-2-1-3-7-17/h1-9,14-15H,10-13,16H2,(H,23,25). The molecule has 5 heteroatoms. The van der Waals surface area contributed by atoms with Crippen LogP contribution in [0, 0.1) is 0 Å². The molecule has 0 saturated carbocycles. The number of aromatic nitrogens is 2. The highest BCUT2D eigenvalue weighted by molar-refractivity contribution is 5.92. The number of anilines is 1. The molecule has 0 saturated heterocycles. The highest BCUT2D eigenvalue weighted by Crippen LogP contribution is 2.19. The summed E-state index contributed by atoms with van der Waals surface area (Å²) in [7, 11) is 0. The summed E-state index contributed by atoms with van der Waals surface area (Å²) in [5, 5.41) is 3.25. The van der Waals surface area contributed by atoms with Gasteiger partial charge in [0, 0.05) is 19.6 Å². The van der Waals surface area contributed by atoms with Gasteiger partial charge in [-0.3, -0.25) is 4.79 Å². The van der Waals surface area contributed by atoms with E-state index in [1.54, 1.807) is 12.4 Å². The van der Waals surface area contributed by atoms with Crippen molar-refractivity contribution in [2.45, 2.75) is 19.4 Å². The zero-order valence-electron chi connectivity index (χ0n) is 15.1. The molecule has 0 radical (unpaired) electrons. The van der Waals surface area contributed by atoms with E-state index in [0.717, 1.165) is 19.4 Å². The molecule has 5 nitrogen and oxygen atoms in total. The van der Waals surface area contributed by atoms with E-state index in [1.165, 1.54) is 16.7 Å². The van der Waals surface area contributed by atoms with E-state index in [-0.39, 0.29) is 5.91 Å². The number of hydrogen-bond acceptors (Lipinski definition) is 4. The van der Waals surface area contributed by atoms with Gasteiger partial charge in [-0.05, 0) is 29.5 Å². The summed E-state index contributed by atoms with van der Waals surface area (Å²) >= 11 is 0. The topological polar surface area (TPSA) is 58.1 Å². The smallest absolute Gasteiger partial charge is 0.274 e. The second-order valence-corrected chi connectivity index (χ2v) is 6.69. The van der Waals surface area contributed by atoms with Gasteiger partial charge in [0.15, 0.2) is 0 Å². The van der Waals surface area contributed by atoms with Gasteiger partial charge in [-0.1, -0.05) is 54.6 Å². The van der Waals surface area contributed by atoms with Crippen LogP contribution in [0.1, 0.15) is 27.2 Å². The summed E-state index contributed by atoms with van der Waals surface area (Å²) < 4.78 is 0. The van der Waals surface area contributed by atoms with Crippen LogP contribution in [0.15, 0.2) is 67.0 Å². The fraction of sp³-hybridized carbons (Fsp3) is 0.227. The molecule has 0 atom stereocenters. The van der Waals surface area contributed by atoms with Crippen LogP contribution in [0.4, 0.5) is 5.82 Å². The third-order valence-electron chi connectivity index (χ3n) is 4.85. The predicted octanol–water partition coefficient (Wildman–Crippen LogP) is 3.33. The number of benzene rings is 2. The number of rotatable bonds is 5. The van der Waals surface area contributed by atoms with Crippen LogP contribution in [-0.2, 0) is 19.4 Å². The van der Waals surface area contributed by atoms with Gasteiger partial charge in [0.1, 0.15) is 11.5 Å². The summed E-state index contributed by atoms with van der Waals surface area (Å²) in [5.74, 6) is 0.624. The lowest BCUT2D eigenvalue weighted by molar-refractivity contribution is 0.0728. The van der Waals surface area contributed by atoms with E-state index >= 15 is 0 Å². The maximum Gasteiger partial charge on any atom is 0.274 e. The third kappa shape index (κ3) is 4.14. The van der Waals surface area contributed by atoms with Gasteiger partial charge in [0.2, 0.25) is 0 Å². The van der Waals surface area contributed by atoms with Gasteiger partial charge in [-0.2, -0.15) is 0 Å². The fourth-order valence-corrected chi connectivity index (χ4v) is 3.34. The maximum atomic E-state index is 12.7. The average molecular weight is 358 g/mol. The van der Waals surface area contributed by atoms with Crippen molar-refractivity contribution in [2.75, 3.05) is 18.4 Å². The van der Waals surface area contributed by atoms with E-state index < -0.39 is 0 Å². The zero-order valence-corrected chi connectivity index (χ0v) is 15.1. The van der Waals surface area contributed by atoms with E-state index in [2.05, 4.69) is 39.6 Å². The number of hydrogen-bond donors (Lipinski definition) is 1. The number of carbonyl (C=O) groups is 1. The lowest BCUT2D eigenvalue weighted by Crippen LogP contribution is -2.36. The van der Waals surface area contributed by atoms with Crippen molar-refractivity contribution in [3.05, 3.63) is 89.4 Å². The molecule has 1 N–H and O–H groups in total. The molecule has 136 valence electrons. The van der Waals surface area contributed by atoms with E-state index in [1.807, 2.05) is 35.2 Å². The van der Waals surface area contributed by atoms with Crippen molar-refractivity contribution in [2.24, 2.45) is 0 Å². The summed E-state index contributed by atoms with van der Waals surface area (Å²) in [6, 6.07) is 18.6. The Bertz CT molecular complexity index is 909. The average Bonchev–Trinajstić information content (AvgIpc) is 2.74. The summed E-state index contributed by atoms with van der Waals surface area (Å²) in [4.78, 5) is 23.2. The van der Waals surface area contributed by atoms with Gasteiger partial charge in [0.25, 0.3) is 5.91 Å². The Morgan fingerprint density at radius 3 is 2.52 bits per heavy atom. The van der Waals surface area contributed by atoms with Crippen molar-refractivity contribution in [1.82, 2.24) is 14.9 Å². The van der Waals surface area contributed by atoms with Crippen molar-refractivity contribution in [1.29, 1.82) is 0 Å². The van der Waals surface area contributed by atoms with Crippen molar-refractivity contribution >= 4 is 11.7 Å². The molecular weight excluding hydrogens is 336 g/mol. The van der Waals surface area contributed by atoms with Crippen LogP contribution in [0.25, 0.3) is 0 Å². The highest BCUT2D eigenvalue weighted by Gasteiger charge is 2.22. The molecule has 1 aliphatic heterocycles. The Morgan fingerprint density at radius 1 is 0.963 bits per heavy atom. The van der Waals surface area contributed by atoms with Gasteiger partial charge in [-0.25, -0.2) is 9.97 Å². The second kappa shape index (κ2) is 7.99. The fourth-order valence-electron chi connectivity index (χ4n) is 3.34. The van der Waals surface area contributed by atoms with Crippen molar-refractivity contribution in [3.8, 4) is 0 Å². The Kier molecular flexibility index (Phi) is 5.10. The minimum absolute atomic E-state index is 0.0622. The molecule has 1 amide bonds. The molecule has 0 spiro atoms. The van der Waals surface area contributed by atoms with Gasteiger partial charge >= 0.3 is 0 Å². The Morgan fingerprint density at radius 2 is 1.74 bits per heavy atom. The molecule has 2 heterocycles. The number of nitrogens with zero attached hydrogens (tertiary/aromatic N) is 3. The second-order valence-electron chi connectivity index (χ2n) is 6.69. The molecule has 1 aliphatic rings. The molecule has 0 fully saturated rings. The van der Waals surface area contributed by atoms with Gasteiger partial charge < -0.3 is 10.2 Å². The molecule has 0 bridgehead atoms. The molecule has 2 aromatic carbocycles. The maximum absolute atomic E-state index is 12.7. The molecule has 3 aromatic rings. The Balaban J connectivity index is 1.34. The van der Waals surface area contributed by atoms with Crippen LogP contribution >= 0.6 is 0 Å². The summed E-state index contributed by atoms with van der Waals surface area (Å²) in [6.45, 7) is 2.12. The number of amides is 1. The number of nitrogens with one attached hydrogen (secondary N) is 1. The van der Waals surface area contributed by atoms with Crippen molar-refractivity contribution in [3.63, 3.8) is 0 Å². The molecule has 0 aliphatic carbocycles. The first-order valence-corrected chi connectivity index (χ1v) is 9.25. The minimum Gasteiger partial charge on any atom is -0.368 e. The van der Waals surface area contributed by atoms with Crippen molar-refractivity contribution < 1.29 is 4.79 Å². The normalized spacial score (nSPS) is 13.1. The first kappa shape index (κ1) is 17.2. The van der Waals surface area contributed by atoms with Crippen LogP contribution < -0.4 is 5.32 Å². The lowest BCUT2D eigenvalue weighted by atomic mass is 10.00.